The zero-order chi connectivity index (χ0) is 14.9. The van der Waals surface area contributed by atoms with E-state index in [1.165, 1.54) is 19.2 Å². The first-order valence-electron chi connectivity index (χ1n) is 5.90. The van der Waals surface area contributed by atoms with Crippen LogP contribution in [0.25, 0.3) is 0 Å². The zero-order valence-corrected chi connectivity index (χ0v) is 14.1. The highest BCUT2D eigenvalue weighted by Gasteiger charge is 2.18. The van der Waals surface area contributed by atoms with Gasteiger partial charge in [-0.3, -0.25) is 0 Å². The Morgan fingerprint density at radius 3 is 2.45 bits per heavy atom. The second-order valence-corrected chi connectivity index (χ2v) is 6.24. The average molecular weight is 404 g/mol. The van der Waals surface area contributed by atoms with Crippen LogP contribution in [0.15, 0.2) is 39.3 Å². The van der Waals surface area contributed by atoms with Crippen molar-refractivity contribution in [1.29, 1.82) is 0 Å². The highest BCUT2D eigenvalue weighted by atomic mass is 79.9. The molecule has 20 heavy (non-hydrogen) atoms. The molecule has 0 amide bonds. The molecule has 2 nitrogen and oxygen atoms in total. The first-order valence-corrected chi connectivity index (χ1v) is 7.49. The first kappa shape index (κ1) is 15.5. The van der Waals surface area contributed by atoms with Crippen LogP contribution in [0.3, 0.4) is 0 Å². The molecule has 1 unspecified atom stereocenters. The highest BCUT2D eigenvalue weighted by Crippen LogP contribution is 2.35. The number of aryl methyl sites for hydroxylation is 1. The number of hydrogen-bond donors (Lipinski definition) is 1. The van der Waals surface area contributed by atoms with E-state index >= 15 is 0 Å². The summed E-state index contributed by atoms with van der Waals surface area (Å²) >= 11 is 6.53. The third-order valence-electron chi connectivity index (χ3n) is 2.95. The summed E-state index contributed by atoms with van der Waals surface area (Å²) in [6.07, 6.45) is -0.891. The molecule has 0 aliphatic carbocycles. The summed E-state index contributed by atoms with van der Waals surface area (Å²) in [5, 5.41) is 10.5. The number of ether oxygens (including phenoxy) is 1. The highest BCUT2D eigenvalue weighted by molar-refractivity contribution is 9.10. The Balaban J connectivity index is 2.52. The summed E-state index contributed by atoms with van der Waals surface area (Å²) < 4.78 is 19.8. The van der Waals surface area contributed by atoms with Crippen LogP contribution in [0.4, 0.5) is 4.39 Å². The van der Waals surface area contributed by atoms with Gasteiger partial charge in [-0.25, -0.2) is 4.39 Å². The molecule has 0 aromatic heterocycles. The molecule has 106 valence electrons. The molecular formula is C15H13Br2FO2. The normalized spacial score (nSPS) is 12.3. The fraction of sp³-hybridized carbons (Fsp3) is 0.200. The molecule has 0 bridgehead atoms. The maximum Gasteiger partial charge on any atom is 0.141 e. The number of aliphatic hydroxyl groups is 1. The predicted molar refractivity (Wildman–Crippen MR) is 83.6 cm³/mol. The van der Waals surface area contributed by atoms with Crippen LogP contribution in [-0.2, 0) is 0 Å². The van der Waals surface area contributed by atoms with Crippen molar-refractivity contribution in [3.05, 3.63) is 61.8 Å². The standard InChI is InChI=1S/C15H13Br2FO2/c1-8-3-9(5-10(16)4-8)15(19)11-6-12(17)13(18)7-14(11)20-2/h3-7,15,19H,1-2H3. The Morgan fingerprint density at radius 2 is 1.85 bits per heavy atom. The Morgan fingerprint density at radius 1 is 1.15 bits per heavy atom. The van der Waals surface area contributed by atoms with Crippen molar-refractivity contribution in [2.75, 3.05) is 7.11 Å². The molecule has 1 atom stereocenters. The van der Waals surface area contributed by atoms with Gasteiger partial charge in [0.15, 0.2) is 0 Å². The van der Waals surface area contributed by atoms with Gasteiger partial charge in [0.1, 0.15) is 17.7 Å². The third kappa shape index (κ3) is 3.22. The number of methoxy groups -OCH3 is 1. The molecule has 0 aliphatic rings. The molecule has 2 aromatic rings. The lowest BCUT2D eigenvalue weighted by atomic mass is 9.99. The lowest BCUT2D eigenvalue weighted by molar-refractivity contribution is 0.214. The van der Waals surface area contributed by atoms with E-state index in [2.05, 4.69) is 31.9 Å². The maximum absolute atomic E-state index is 13.5. The van der Waals surface area contributed by atoms with Crippen LogP contribution < -0.4 is 4.74 Å². The van der Waals surface area contributed by atoms with Crippen molar-refractivity contribution in [1.82, 2.24) is 0 Å². The summed E-state index contributed by atoms with van der Waals surface area (Å²) in [6.45, 7) is 1.94. The predicted octanol–water partition coefficient (Wildman–Crippen LogP) is 4.75. The first-order chi connectivity index (χ1) is 9.42. The van der Waals surface area contributed by atoms with Gasteiger partial charge >= 0.3 is 0 Å². The summed E-state index contributed by atoms with van der Waals surface area (Å²) in [7, 11) is 1.45. The molecule has 0 radical (unpaired) electrons. The Hall–Kier alpha value is -0.910. The van der Waals surface area contributed by atoms with Crippen LogP contribution in [0.2, 0.25) is 0 Å². The summed E-state index contributed by atoms with van der Waals surface area (Å²) in [5.41, 5.74) is 2.25. The molecule has 2 aromatic carbocycles. The number of aliphatic hydroxyl groups excluding tert-OH is 1. The number of hydrogen-bond acceptors (Lipinski definition) is 2. The van der Waals surface area contributed by atoms with E-state index in [0.29, 0.717) is 21.3 Å². The van der Waals surface area contributed by atoms with E-state index in [9.17, 15) is 9.50 Å². The topological polar surface area (TPSA) is 29.5 Å². The van der Waals surface area contributed by atoms with Gasteiger partial charge in [0.05, 0.1) is 11.6 Å². The molecule has 0 saturated carbocycles. The van der Waals surface area contributed by atoms with Crippen molar-refractivity contribution in [3.8, 4) is 5.75 Å². The van der Waals surface area contributed by atoms with Gasteiger partial charge in [0.25, 0.3) is 0 Å². The number of halogens is 3. The van der Waals surface area contributed by atoms with Crippen LogP contribution in [0.1, 0.15) is 22.8 Å². The van der Waals surface area contributed by atoms with E-state index in [1.54, 1.807) is 0 Å². The van der Waals surface area contributed by atoms with Crippen LogP contribution in [-0.4, -0.2) is 12.2 Å². The van der Waals surface area contributed by atoms with Crippen molar-refractivity contribution >= 4 is 31.9 Å². The second kappa shape index (κ2) is 6.24. The fourth-order valence-corrected chi connectivity index (χ4v) is 3.02. The molecule has 5 heteroatoms. The summed E-state index contributed by atoms with van der Waals surface area (Å²) in [4.78, 5) is 0. The van der Waals surface area contributed by atoms with E-state index in [0.717, 1.165) is 10.0 Å². The van der Waals surface area contributed by atoms with Crippen molar-refractivity contribution < 1.29 is 14.2 Å². The van der Waals surface area contributed by atoms with Gasteiger partial charge < -0.3 is 9.84 Å². The minimum absolute atomic E-state index is 0.291. The van der Waals surface area contributed by atoms with E-state index < -0.39 is 11.9 Å². The Labute approximate surface area is 133 Å². The molecule has 0 aliphatic heterocycles. The van der Waals surface area contributed by atoms with Gasteiger partial charge in [-0.15, -0.1) is 0 Å². The molecule has 2 rings (SSSR count). The van der Waals surface area contributed by atoms with Gasteiger partial charge in [-0.1, -0.05) is 22.0 Å². The van der Waals surface area contributed by atoms with Crippen molar-refractivity contribution in [2.45, 2.75) is 13.0 Å². The third-order valence-corrected chi connectivity index (χ3v) is 4.01. The minimum Gasteiger partial charge on any atom is -0.496 e. The summed E-state index contributed by atoms with van der Waals surface area (Å²) in [5.74, 6) is -0.112. The quantitative estimate of drug-likeness (QED) is 0.801. The van der Waals surface area contributed by atoms with E-state index in [-0.39, 0.29) is 0 Å². The smallest absolute Gasteiger partial charge is 0.141 e. The van der Waals surface area contributed by atoms with E-state index in [1.807, 2.05) is 25.1 Å². The lowest BCUT2D eigenvalue weighted by Crippen LogP contribution is -2.04. The van der Waals surface area contributed by atoms with E-state index in [4.69, 9.17) is 4.74 Å². The number of rotatable bonds is 3. The lowest BCUT2D eigenvalue weighted by Gasteiger charge is -2.17. The van der Waals surface area contributed by atoms with Gasteiger partial charge in [0.2, 0.25) is 0 Å². The molecule has 0 fully saturated rings. The van der Waals surface area contributed by atoms with Crippen LogP contribution in [0, 0.1) is 12.7 Å². The largest absolute Gasteiger partial charge is 0.496 e. The number of benzene rings is 2. The van der Waals surface area contributed by atoms with Gasteiger partial charge in [-0.2, -0.15) is 0 Å². The van der Waals surface area contributed by atoms with Crippen LogP contribution >= 0.6 is 31.9 Å². The average Bonchev–Trinajstić information content (AvgIpc) is 2.39. The molecular weight excluding hydrogens is 391 g/mol. The molecule has 1 N–H and O–H groups in total. The Bertz CT molecular complexity index is 624. The molecule has 0 heterocycles. The SMILES string of the molecule is COc1cc(F)c(Br)cc1C(O)c1cc(C)cc(Br)c1. The van der Waals surface area contributed by atoms with Crippen LogP contribution in [0.5, 0.6) is 5.75 Å². The zero-order valence-electron chi connectivity index (χ0n) is 11.0. The van der Waals surface area contributed by atoms with Crippen molar-refractivity contribution in [3.63, 3.8) is 0 Å². The van der Waals surface area contributed by atoms with Gasteiger partial charge in [-0.05, 0) is 52.2 Å². The molecule has 0 spiro atoms. The summed E-state index contributed by atoms with van der Waals surface area (Å²) in [6, 6.07) is 8.46. The maximum atomic E-state index is 13.5. The second-order valence-electron chi connectivity index (χ2n) is 4.47. The monoisotopic (exact) mass is 402 g/mol. The van der Waals surface area contributed by atoms with Gasteiger partial charge in [0, 0.05) is 16.1 Å². The minimum atomic E-state index is -0.891. The van der Waals surface area contributed by atoms with Crippen molar-refractivity contribution in [2.24, 2.45) is 0 Å². The molecule has 0 saturated heterocycles. The fourth-order valence-electron chi connectivity index (χ4n) is 2.04. The Kier molecular flexibility index (Phi) is 4.83.